The minimum Gasteiger partial charge on any atom is -0.436 e. The quantitative estimate of drug-likeness (QED) is 0.392. The van der Waals surface area contributed by atoms with Gasteiger partial charge in [-0.25, -0.2) is 4.98 Å². The Kier molecular flexibility index (Phi) is 5.53. The fraction of sp³-hybridized carbons (Fsp3) is 0.0870. The van der Waals surface area contributed by atoms with Crippen molar-refractivity contribution in [3.63, 3.8) is 0 Å². The number of hydrogen-bond donors (Lipinski definition) is 2. The van der Waals surface area contributed by atoms with Crippen LogP contribution in [0.3, 0.4) is 0 Å². The second-order valence-corrected chi connectivity index (χ2v) is 7.77. The maximum Gasteiger partial charge on any atom is 0.257 e. The van der Waals surface area contributed by atoms with Gasteiger partial charge in [-0.15, -0.1) is 0 Å². The van der Waals surface area contributed by atoms with Crippen LogP contribution in [0.2, 0.25) is 5.02 Å². The van der Waals surface area contributed by atoms with Crippen molar-refractivity contribution in [1.82, 2.24) is 10.3 Å². The van der Waals surface area contributed by atoms with Gasteiger partial charge < -0.3 is 9.73 Å². The van der Waals surface area contributed by atoms with Gasteiger partial charge in [0.2, 0.25) is 5.89 Å². The molecule has 5 nitrogen and oxygen atoms in total. The molecule has 0 aliphatic carbocycles. The molecule has 0 aliphatic heterocycles. The summed E-state index contributed by atoms with van der Waals surface area (Å²) in [5.41, 5.74) is 5.43. The highest BCUT2D eigenvalue weighted by molar-refractivity contribution is 7.80. The summed E-state index contributed by atoms with van der Waals surface area (Å²) in [4.78, 5) is 16.9. The van der Waals surface area contributed by atoms with E-state index in [9.17, 15) is 4.79 Å². The smallest absolute Gasteiger partial charge is 0.257 e. The van der Waals surface area contributed by atoms with Gasteiger partial charge in [0.25, 0.3) is 5.91 Å². The van der Waals surface area contributed by atoms with Gasteiger partial charge in [-0.3, -0.25) is 10.1 Å². The fourth-order valence-electron chi connectivity index (χ4n) is 2.96. The first kappa shape index (κ1) is 20.1. The number of aryl methyl sites for hydroxylation is 2. The van der Waals surface area contributed by atoms with Crippen LogP contribution in [0.25, 0.3) is 22.6 Å². The van der Waals surface area contributed by atoms with Crippen LogP contribution in [0.15, 0.2) is 65.1 Å². The zero-order valence-corrected chi connectivity index (χ0v) is 17.9. The molecular formula is C23H18ClN3O2S. The second-order valence-electron chi connectivity index (χ2n) is 6.96. The number of fused-ring (bicyclic) bond motifs is 1. The number of oxazole rings is 1. The molecule has 0 fully saturated rings. The predicted octanol–water partition coefficient (Wildman–Crippen LogP) is 5.89. The maximum atomic E-state index is 12.3. The summed E-state index contributed by atoms with van der Waals surface area (Å²) in [5, 5.41) is 6.36. The van der Waals surface area contributed by atoms with Crippen LogP contribution in [-0.2, 0) is 0 Å². The number of thiocarbonyl (C=S) groups is 1. The minimum atomic E-state index is -0.281. The number of carbonyl (C=O) groups excluding carboxylic acids is 1. The Hall–Kier alpha value is -3.22. The molecule has 150 valence electrons. The molecule has 0 aliphatic rings. The Bertz CT molecular complexity index is 1270. The molecule has 2 N–H and O–H groups in total. The Morgan fingerprint density at radius 1 is 1.00 bits per heavy atom. The molecule has 0 spiro atoms. The number of anilines is 1. The Morgan fingerprint density at radius 2 is 1.73 bits per heavy atom. The number of hydrogen-bond acceptors (Lipinski definition) is 4. The van der Waals surface area contributed by atoms with Gasteiger partial charge in [-0.1, -0.05) is 35.4 Å². The molecule has 1 amide bonds. The lowest BCUT2D eigenvalue weighted by Crippen LogP contribution is -2.34. The molecule has 0 saturated carbocycles. The molecule has 1 aromatic heterocycles. The van der Waals surface area contributed by atoms with E-state index in [1.54, 1.807) is 30.3 Å². The summed E-state index contributed by atoms with van der Waals surface area (Å²) in [7, 11) is 0. The highest BCUT2D eigenvalue weighted by Crippen LogP contribution is 2.32. The minimum absolute atomic E-state index is 0.182. The number of carbonyl (C=O) groups is 1. The average molecular weight is 436 g/mol. The summed E-state index contributed by atoms with van der Waals surface area (Å²) < 4.78 is 5.88. The molecule has 30 heavy (non-hydrogen) atoms. The molecule has 7 heteroatoms. The van der Waals surface area contributed by atoms with Crippen molar-refractivity contribution in [3.8, 4) is 11.5 Å². The SMILES string of the molecule is Cc1ccc(C(=O)NC(=S)Nc2ccc(Cl)c(-c3nc4ccc(C)cc4o3)c2)cc1. The van der Waals surface area contributed by atoms with Crippen LogP contribution in [0.5, 0.6) is 0 Å². The number of nitrogens with zero attached hydrogens (tertiary/aromatic N) is 1. The number of halogens is 1. The number of rotatable bonds is 3. The van der Waals surface area contributed by atoms with Crippen molar-refractivity contribution < 1.29 is 9.21 Å². The highest BCUT2D eigenvalue weighted by Gasteiger charge is 2.14. The van der Waals surface area contributed by atoms with E-state index in [2.05, 4.69) is 15.6 Å². The zero-order valence-electron chi connectivity index (χ0n) is 16.3. The molecular weight excluding hydrogens is 418 g/mol. The van der Waals surface area contributed by atoms with Gasteiger partial charge >= 0.3 is 0 Å². The van der Waals surface area contributed by atoms with Crippen molar-refractivity contribution in [2.45, 2.75) is 13.8 Å². The van der Waals surface area contributed by atoms with Gasteiger partial charge in [0.1, 0.15) is 5.52 Å². The normalized spacial score (nSPS) is 10.8. The van der Waals surface area contributed by atoms with Gasteiger partial charge in [-0.05, 0) is 74.1 Å². The Labute approximate surface area is 184 Å². The van der Waals surface area contributed by atoms with E-state index in [1.807, 2.05) is 44.2 Å². The van der Waals surface area contributed by atoms with E-state index in [0.717, 1.165) is 16.6 Å². The lowest BCUT2D eigenvalue weighted by Gasteiger charge is -2.11. The van der Waals surface area contributed by atoms with Gasteiger partial charge in [0.05, 0.1) is 10.6 Å². The highest BCUT2D eigenvalue weighted by atomic mass is 35.5. The van der Waals surface area contributed by atoms with Crippen molar-refractivity contribution >= 4 is 51.6 Å². The lowest BCUT2D eigenvalue weighted by molar-refractivity contribution is 0.0977. The monoisotopic (exact) mass is 435 g/mol. The van der Waals surface area contributed by atoms with Crippen LogP contribution in [0.1, 0.15) is 21.5 Å². The number of amides is 1. The van der Waals surface area contributed by atoms with Crippen molar-refractivity contribution in [3.05, 3.63) is 82.4 Å². The van der Waals surface area contributed by atoms with Crippen LogP contribution >= 0.6 is 23.8 Å². The Morgan fingerprint density at radius 3 is 2.50 bits per heavy atom. The zero-order chi connectivity index (χ0) is 21.3. The molecule has 4 rings (SSSR count). The van der Waals surface area contributed by atoms with Crippen molar-refractivity contribution in [2.24, 2.45) is 0 Å². The first-order valence-electron chi connectivity index (χ1n) is 9.25. The summed E-state index contributed by atoms with van der Waals surface area (Å²) in [5.74, 6) is 0.134. The van der Waals surface area contributed by atoms with Gasteiger partial charge in [-0.2, -0.15) is 0 Å². The summed E-state index contributed by atoms with van der Waals surface area (Å²) in [6.45, 7) is 3.95. The fourth-order valence-corrected chi connectivity index (χ4v) is 3.37. The van der Waals surface area contributed by atoms with Crippen LogP contribution in [0.4, 0.5) is 5.69 Å². The van der Waals surface area contributed by atoms with Gasteiger partial charge in [0.15, 0.2) is 10.7 Å². The first-order chi connectivity index (χ1) is 14.4. The van der Waals surface area contributed by atoms with Crippen molar-refractivity contribution in [2.75, 3.05) is 5.32 Å². The third kappa shape index (κ3) is 4.35. The van der Waals surface area contributed by atoms with Crippen molar-refractivity contribution in [1.29, 1.82) is 0 Å². The van der Waals surface area contributed by atoms with E-state index in [-0.39, 0.29) is 11.0 Å². The second kappa shape index (κ2) is 8.26. The molecule has 1 heterocycles. The molecule has 3 aromatic carbocycles. The molecule has 4 aromatic rings. The molecule has 0 radical (unpaired) electrons. The number of aromatic nitrogens is 1. The standard InChI is InChI=1S/C23H18ClN3O2S/c1-13-3-6-15(7-4-13)21(28)27-23(30)25-16-8-9-18(24)17(12-16)22-26-19-10-5-14(2)11-20(19)29-22/h3-12H,1-2H3,(H2,25,27,28,30). The van der Waals surface area contributed by atoms with Crippen LogP contribution < -0.4 is 10.6 Å². The third-order valence-corrected chi connectivity index (χ3v) is 5.07. The maximum absolute atomic E-state index is 12.3. The molecule has 0 bridgehead atoms. The summed E-state index contributed by atoms with van der Waals surface area (Å²) >= 11 is 11.7. The number of nitrogens with one attached hydrogen (secondary N) is 2. The lowest BCUT2D eigenvalue weighted by atomic mass is 10.1. The summed E-state index contributed by atoms with van der Waals surface area (Å²) in [6.07, 6.45) is 0. The molecule has 0 atom stereocenters. The van der Waals surface area contributed by atoms with E-state index in [4.69, 9.17) is 28.2 Å². The first-order valence-corrected chi connectivity index (χ1v) is 10.0. The van der Waals surface area contributed by atoms with E-state index >= 15 is 0 Å². The molecule has 0 unspecified atom stereocenters. The topological polar surface area (TPSA) is 67.2 Å². The largest absolute Gasteiger partial charge is 0.436 e. The van der Waals surface area contributed by atoms with Crippen LogP contribution in [0, 0.1) is 13.8 Å². The van der Waals surface area contributed by atoms with E-state index < -0.39 is 0 Å². The van der Waals surface area contributed by atoms with Crippen LogP contribution in [-0.4, -0.2) is 16.0 Å². The summed E-state index contributed by atoms with van der Waals surface area (Å²) in [6, 6.07) is 18.3. The van der Waals surface area contributed by atoms with E-state index in [0.29, 0.717) is 33.3 Å². The predicted molar refractivity (Wildman–Crippen MR) is 124 cm³/mol. The Balaban J connectivity index is 1.53. The van der Waals surface area contributed by atoms with E-state index in [1.165, 1.54) is 0 Å². The molecule has 0 saturated heterocycles. The number of benzene rings is 3. The average Bonchev–Trinajstić information content (AvgIpc) is 3.12. The third-order valence-electron chi connectivity index (χ3n) is 4.54. The van der Waals surface area contributed by atoms with Gasteiger partial charge in [0, 0.05) is 11.3 Å².